The molecule has 0 spiro atoms. The summed E-state index contributed by atoms with van der Waals surface area (Å²) in [7, 11) is 1.74. The minimum absolute atomic E-state index is 0.0453. The molecule has 88 valence electrons. The summed E-state index contributed by atoms with van der Waals surface area (Å²) >= 11 is 0. The molecule has 1 atom stereocenters. The number of benzene rings is 1. The summed E-state index contributed by atoms with van der Waals surface area (Å²) in [5, 5.41) is 0. The van der Waals surface area contributed by atoms with Crippen molar-refractivity contribution < 1.29 is 4.79 Å². The number of nitrogens with zero attached hydrogens (tertiary/aromatic N) is 1. The van der Waals surface area contributed by atoms with Crippen molar-refractivity contribution in [2.45, 2.75) is 26.2 Å². The van der Waals surface area contributed by atoms with Crippen LogP contribution < -0.4 is 10.6 Å². The van der Waals surface area contributed by atoms with Gasteiger partial charge in [0.2, 0.25) is 5.91 Å². The molecule has 0 heterocycles. The van der Waals surface area contributed by atoms with Gasteiger partial charge in [-0.3, -0.25) is 4.79 Å². The lowest BCUT2D eigenvalue weighted by atomic mass is 9.98. The molecule has 0 aromatic heterocycles. The van der Waals surface area contributed by atoms with E-state index in [1.165, 1.54) is 5.56 Å². The lowest BCUT2D eigenvalue weighted by Gasteiger charge is -2.17. The molecule has 3 heteroatoms. The lowest BCUT2D eigenvalue weighted by molar-refractivity contribution is -0.117. The highest BCUT2D eigenvalue weighted by Gasteiger charge is 2.09. The van der Waals surface area contributed by atoms with Crippen LogP contribution >= 0.6 is 0 Å². The zero-order valence-electron chi connectivity index (χ0n) is 10.2. The minimum atomic E-state index is -0.0729. The number of rotatable bonds is 4. The quantitative estimate of drug-likeness (QED) is 0.844. The standard InChI is InChI=1S/C13H20N2O/c1-4-10(2)11-5-7-12(8-6-11)15(3)13(16)9-14/h5-8,10H,4,9,14H2,1-3H3. The van der Waals surface area contributed by atoms with Gasteiger partial charge in [-0.25, -0.2) is 0 Å². The highest BCUT2D eigenvalue weighted by Crippen LogP contribution is 2.21. The van der Waals surface area contributed by atoms with E-state index in [4.69, 9.17) is 5.73 Å². The molecule has 0 bridgehead atoms. The van der Waals surface area contributed by atoms with Crippen molar-refractivity contribution in [2.24, 2.45) is 5.73 Å². The summed E-state index contributed by atoms with van der Waals surface area (Å²) in [6, 6.07) is 8.08. The fourth-order valence-electron chi connectivity index (χ4n) is 1.54. The van der Waals surface area contributed by atoms with E-state index in [1.807, 2.05) is 12.1 Å². The van der Waals surface area contributed by atoms with Gasteiger partial charge in [0, 0.05) is 12.7 Å². The highest BCUT2D eigenvalue weighted by molar-refractivity contribution is 5.94. The topological polar surface area (TPSA) is 46.3 Å². The Hall–Kier alpha value is -1.35. The van der Waals surface area contributed by atoms with Crippen molar-refractivity contribution in [3.05, 3.63) is 29.8 Å². The summed E-state index contributed by atoms with van der Waals surface area (Å²) in [5.74, 6) is 0.487. The summed E-state index contributed by atoms with van der Waals surface area (Å²) in [6.45, 7) is 4.41. The Bertz CT molecular complexity index is 345. The van der Waals surface area contributed by atoms with Crippen LogP contribution in [0.3, 0.4) is 0 Å². The van der Waals surface area contributed by atoms with Gasteiger partial charge in [0.05, 0.1) is 6.54 Å². The number of carbonyl (C=O) groups is 1. The molecular weight excluding hydrogens is 200 g/mol. The van der Waals surface area contributed by atoms with E-state index < -0.39 is 0 Å². The Morgan fingerprint density at radius 3 is 2.38 bits per heavy atom. The number of amides is 1. The van der Waals surface area contributed by atoms with E-state index in [2.05, 4.69) is 26.0 Å². The van der Waals surface area contributed by atoms with Crippen molar-refractivity contribution in [1.29, 1.82) is 0 Å². The number of anilines is 1. The zero-order chi connectivity index (χ0) is 12.1. The van der Waals surface area contributed by atoms with Crippen LogP contribution in [0.15, 0.2) is 24.3 Å². The van der Waals surface area contributed by atoms with Gasteiger partial charge >= 0.3 is 0 Å². The average molecular weight is 220 g/mol. The van der Waals surface area contributed by atoms with Gasteiger partial charge in [0.25, 0.3) is 0 Å². The third-order valence-corrected chi connectivity index (χ3v) is 3.01. The van der Waals surface area contributed by atoms with Crippen LogP contribution in [-0.2, 0) is 4.79 Å². The molecule has 0 saturated heterocycles. The van der Waals surface area contributed by atoms with E-state index in [-0.39, 0.29) is 12.5 Å². The van der Waals surface area contributed by atoms with Gasteiger partial charge in [-0.2, -0.15) is 0 Å². The summed E-state index contributed by atoms with van der Waals surface area (Å²) in [6.07, 6.45) is 1.12. The van der Waals surface area contributed by atoms with Crippen molar-refractivity contribution in [3.8, 4) is 0 Å². The van der Waals surface area contributed by atoms with Crippen molar-refractivity contribution in [1.82, 2.24) is 0 Å². The predicted octanol–water partition coefficient (Wildman–Crippen LogP) is 2.12. The molecule has 1 unspecified atom stereocenters. The fourth-order valence-corrected chi connectivity index (χ4v) is 1.54. The fraction of sp³-hybridized carbons (Fsp3) is 0.462. The third kappa shape index (κ3) is 2.83. The van der Waals surface area contributed by atoms with Gasteiger partial charge in [0.1, 0.15) is 0 Å². The predicted molar refractivity (Wildman–Crippen MR) is 67.6 cm³/mol. The SMILES string of the molecule is CCC(C)c1ccc(N(C)C(=O)CN)cc1. The smallest absolute Gasteiger partial charge is 0.240 e. The summed E-state index contributed by atoms with van der Waals surface area (Å²) in [5.41, 5.74) is 7.52. The molecule has 0 aliphatic rings. The molecule has 1 amide bonds. The maximum absolute atomic E-state index is 11.4. The highest BCUT2D eigenvalue weighted by atomic mass is 16.2. The summed E-state index contributed by atoms with van der Waals surface area (Å²) < 4.78 is 0. The number of carbonyl (C=O) groups excluding carboxylic acids is 1. The van der Waals surface area contributed by atoms with Crippen LogP contribution in [0.5, 0.6) is 0 Å². The number of hydrogen-bond acceptors (Lipinski definition) is 2. The van der Waals surface area contributed by atoms with Gasteiger partial charge in [-0.1, -0.05) is 26.0 Å². The molecule has 0 aliphatic heterocycles. The molecule has 0 fully saturated rings. The monoisotopic (exact) mass is 220 g/mol. The molecule has 1 rings (SSSR count). The Balaban J connectivity index is 2.82. The first-order valence-corrected chi connectivity index (χ1v) is 5.66. The Morgan fingerprint density at radius 2 is 1.94 bits per heavy atom. The van der Waals surface area contributed by atoms with Crippen molar-refractivity contribution >= 4 is 11.6 Å². The normalized spacial score (nSPS) is 12.2. The van der Waals surface area contributed by atoms with Crippen LogP contribution in [0.2, 0.25) is 0 Å². The van der Waals surface area contributed by atoms with Crippen LogP contribution in [0.1, 0.15) is 31.7 Å². The largest absolute Gasteiger partial charge is 0.322 e. The zero-order valence-corrected chi connectivity index (χ0v) is 10.2. The molecule has 0 radical (unpaired) electrons. The third-order valence-electron chi connectivity index (χ3n) is 3.01. The second-order valence-electron chi connectivity index (χ2n) is 4.06. The van der Waals surface area contributed by atoms with E-state index >= 15 is 0 Å². The average Bonchev–Trinajstić information content (AvgIpc) is 2.36. The lowest BCUT2D eigenvalue weighted by Crippen LogP contribution is -2.32. The second-order valence-corrected chi connectivity index (χ2v) is 4.06. The molecule has 3 nitrogen and oxygen atoms in total. The first-order valence-electron chi connectivity index (χ1n) is 5.66. The molecule has 1 aromatic carbocycles. The Labute approximate surface area is 97.2 Å². The first kappa shape index (κ1) is 12.7. The Kier molecular flexibility index (Phi) is 4.50. The van der Waals surface area contributed by atoms with Gasteiger partial charge in [-0.15, -0.1) is 0 Å². The molecule has 16 heavy (non-hydrogen) atoms. The van der Waals surface area contributed by atoms with Crippen molar-refractivity contribution in [3.63, 3.8) is 0 Å². The van der Waals surface area contributed by atoms with Crippen LogP contribution in [0.4, 0.5) is 5.69 Å². The van der Waals surface area contributed by atoms with E-state index in [1.54, 1.807) is 11.9 Å². The van der Waals surface area contributed by atoms with E-state index in [9.17, 15) is 4.79 Å². The van der Waals surface area contributed by atoms with Gasteiger partial charge in [0.15, 0.2) is 0 Å². The number of nitrogens with two attached hydrogens (primary N) is 1. The molecule has 1 aromatic rings. The van der Waals surface area contributed by atoms with Crippen LogP contribution in [-0.4, -0.2) is 19.5 Å². The van der Waals surface area contributed by atoms with E-state index in [0.717, 1.165) is 12.1 Å². The first-order chi connectivity index (χ1) is 7.60. The Morgan fingerprint density at radius 1 is 1.38 bits per heavy atom. The maximum atomic E-state index is 11.4. The van der Waals surface area contributed by atoms with Gasteiger partial charge in [-0.05, 0) is 30.0 Å². The molecule has 2 N–H and O–H groups in total. The molecule has 0 aliphatic carbocycles. The van der Waals surface area contributed by atoms with E-state index in [0.29, 0.717) is 5.92 Å². The van der Waals surface area contributed by atoms with Crippen LogP contribution in [0, 0.1) is 0 Å². The second kappa shape index (κ2) is 5.66. The van der Waals surface area contributed by atoms with Crippen molar-refractivity contribution in [2.75, 3.05) is 18.5 Å². The molecular formula is C13H20N2O. The number of hydrogen-bond donors (Lipinski definition) is 1. The minimum Gasteiger partial charge on any atom is -0.322 e. The molecule has 0 saturated carbocycles. The summed E-state index contributed by atoms with van der Waals surface area (Å²) in [4.78, 5) is 13.0. The maximum Gasteiger partial charge on any atom is 0.240 e. The van der Waals surface area contributed by atoms with Gasteiger partial charge < -0.3 is 10.6 Å². The van der Waals surface area contributed by atoms with Crippen LogP contribution in [0.25, 0.3) is 0 Å². The number of likely N-dealkylation sites (N-methyl/N-ethyl adjacent to an activating group) is 1.